The Labute approximate surface area is 102 Å². The summed E-state index contributed by atoms with van der Waals surface area (Å²) >= 11 is 0. The third-order valence-electron chi connectivity index (χ3n) is 2.65. The highest BCUT2D eigenvalue weighted by Crippen LogP contribution is 2.27. The maximum atomic E-state index is 13.1. The minimum atomic E-state index is -0.284. The fourth-order valence-corrected chi connectivity index (χ4v) is 1.77. The van der Waals surface area contributed by atoms with Crippen LogP contribution in [-0.2, 0) is 0 Å². The number of anilines is 1. The van der Waals surface area contributed by atoms with Gasteiger partial charge in [0.15, 0.2) is 5.76 Å². The Kier molecular flexibility index (Phi) is 2.44. The van der Waals surface area contributed by atoms with Gasteiger partial charge in [-0.2, -0.15) is 0 Å². The predicted octanol–water partition coefficient (Wildman–Crippen LogP) is 3.07. The lowest BCUT2D eigenvalue weighted by Crippen LogP contribution is -1.93. The molecule has 0 aliphatic rings. The average molecular weight is 243 g/mol. The molecule has 0 aliphatic carbocycles. The van der Waals surface area contributed by atoms with Crippen molar-refractivity contribution in [1.82, 2.24) is 9.97 Å². The molecule has 1 aromatic carbocycles. The van der Waals surface area contributed by atoms with E-state index in [2.05, 4.69) is 15.3 Å². The molecule has 0 saturated heterocycles. The molecule has 5 heteroatoms. The monoisotopic (exact) mass is 243 g/mol. The van der Waals surface area contributed by atoms with E-state index < -0.39 is 0 Å². The van der Waals surface area contributed by atoms with Crippen molar-refractivity contribution in [2.24, 2.45) is 0 Å². The molecule has 0 unspecified atom stereocenters. The number of hydrogen-bond donors (Lipinski definition) is 1. The van der Waals surface area contributed by atoms with Crippen LogP contribution in [0.25, 0.3) is 22.4 Å². The number of nitrogens with zero attached hydrogens (tertiary/aromatic N) is 2. The Hall–Kier alpha value is -2.43. The third kappa shape index (κ3) is 1.79. The third-order valence-corrected chi connectivity index (χ3v) is 2.65. The fraction of sp³-hybridized carbons (Fsp3) is 0.0769. The van der Waals surface area contributed by atoms with Crippen LogP contribution >= 0.6 is 0 Å². The summed E-state index contributed by atoms with van der Waals surface area (Å²) in [5, 5.41) is 3.64. The van der Waals surface area contributed by atoms with Crippen LogP contribution in [0.3, 0.4) is 0 Å². The van der Waals surface area contributed by atoms with E-state index in [0.29, 0.717) is 22.9 Å². The summed E-state index contributed by atoms with van der Waals surface area (Å²) < 4.78 is 18.7. The van der Waals surface area contributed by atoms with Crippen LogP contribution in [0.15, 0.2) is 41.1 Å². The van der Waals surface area contributed by atoms with Crippen molar-refractivity contribution in [3.8, 4) is 11.5 Å². The van der Waals surface area contributed by atoms with Gasteiger partial charge in [-0.15, -0.1) is 0 Å². The SMILES string of the molecule is CNc1cc(-c2cc3cc(F)ccc3o2)ncn1. The maximum Gasteiger partial charge on any atom is 0.153 e. The van der Waals surface area contributed by atoms with Gasteiger partial charge in [-0.3, -0.25) is 0 Å². The zero-order valence-electron chi connectivity index (χ0n) is 9.64. The number of rotatable bonds is 2. The molecule has 3 rings (SSSR count). The smallest absolute Gasteiger partial charge is 0.153 e. The number of hydrogen-bond acceptors (Lipinski definition) is 4. The lowest BCUT2D eigenvalue weighted by molar-refractivity contribution is 0.617. The van der Waals surface area contributed by atoms with Gasteiger partial charge in [-0.05, 0) is 24.3 Å². The van der Waals surface area contributed by atoms with E-state index in [4.69, 9.17) is 4.42 Å². The van der Waals surface area contributed by atoms with Gasteiger partial charge in [-0.25, -0.2) is 14.4 Å². The summed E-state index contributed by atoms with van der Waals surface area (Å²) in [6.07, 6.45) is 1.45. The molecule has 0 amide bonds. The van der Waals surface area contributed by atoms with Crippen molar-refractivity contribution in [3.05, 3.63) is 42.5 Å². The number of benzene rings is 1. The summed E-state index contributed by atoms with van der Waals surface area (Å²) in [5.41, 5.74) is 1.29. The summed E-state index contributed by atoms with van der Waals surface area (Å²) in [6.45, 7) is 0. The number of aromatic nitrogens is 2. The van der Waals surface area contributed by atoms with E-state index in [9.17, 15) is 4.39 Å². The first-order valence-electron chi connectivity index (χ1n) is 5.45. The lowest BCUT2D eigenvalue weighted by Gasteiger charge is -1.99. The van der Waals surface area contributed by atoms with E-state index >= 15 is 0 Å². The highest BCUT2D eigenvalue weighted by Gasteiger charge is 2.08. The van der Waals surface area contributed by atoms with Gasteiger partial charge < -0.3 is 9.73 Å². The molecule has 18 heavy (non-hydrogen) atoms. The van der Waals surface area contributed by atoms with Gasteiger partial charge in [0.2, 0.25) is 0 Å². The van der Waals surface area contributed by atoms with Crippen LogP contribution in [0.4, 0.5) is 10.2 Å². The highest BCUT2D eigenvalue weighted by atomic mass is 19.1. The summed E-state index contributed by atoms with van der Waals surface area (Å²) in [7, 11) is 1.78. The zero-order chi connectivity index (χ0) is 12.5. The van der Waals surface area contributed by atoms with Gasteiger partial charge in [0, 0.05) is 18.5 Å². The van der Waals surface area contributed by atoms with E-state index in [-0.39, 0.29) is 5.82 Å². The molecule has 4 nitrogen and oxygen atoms in total. The van der Waals surface area contributed by atoms with Gasteiger partial charge in [-0.1, -0.05) is 0 Å². The normalized spacial score (nSPS) is 10.8. The molecule has 1 N–H and O–H groups in total. The molecular weight excluding hydrogens is 233 g/mol. The fourth-order valence-electron chi connectivity index (χ4n) is 1.77. The average Bonchev–Trinajstić information content (AvgIpc) is 2.81. The van der Waals surface area contributed by atoms with Crippen LogP contribution in [0.1, 0.15) is 0 Å². The van der Waals surface area contributed by atoms with Crippen molar-refractivity contribution in [1.29, 1.82) is 0 Å². The van der Waals surface area contributed by atoms with Crippen LogP contribution in [0, 0.1) is 5.82 Å². The molecule has 2 heterocycles. The standard InChI is InChI=1S/C13H10FN3O/c1-15-13-6-10(16-7-17-13)12-5-8-4-9(14)2-3-11(8)18-12/h2-7H,1H3,(H,15,16,17). The van der Waals surface area contributed by atoms with Crippen molar-refractivity contribution in [2.45, 2.75) is 0 Å². The Balaban J connectivity index is 2.13. The molecule has 0 spiro atoms. The molecule has 2 aromatic heterocycles. The molecule has 0 radical (unpaired) electrons. The highest BCUT2D eigenvalue weighted by molar-refractivity contribution is 5.82. The molecule has 3 aromatic rings. The molecule has 90 valence electrons. The van der Waals surface area contributed by atoms with Crippen molar-refractivity contribution in [3.63, 3.8) is 0 Å². The van der Waals surface area contributed by atoms with Crippen LogP contribution < -0.4 is 5.32 Å². The first-order valence-corrected chi connectivity index (χ1v) is 5.45. The lowest BCUT2D eigenvalue weighted by atomic mass is 10.2. The van der Waals surface area contributed by atoms with Crippen LogP contribution in [-0.4, -0.2) is 17.0 Å². The van der Waals surface area contributed by atoms with Crippen LogP contribution in [0.5, 0.6) is 0 Å². The summed E-state index contributed by atoms with van der Waals surface area (Å²) in [6, 6.07) is 7.94. The van der Waals surface area contributed by atoms with E-state index in [1.165, 1.54) is 18.5 Å². The second kappa shape index (κ2) is 4.10. The maximum absolute atomic E-state index is 13.1. The quantitative estimate of drug-likeness (QED) is 0.751. The van der Waals surface area contributed by atoms with E-state index in [0.717, 1.165) is 5.39 Å². The Bertz CT molecular complexity index is 708. The van der Waals surface area contributed by atoms with Gasteiger partial charge in [0.05, 0.1) is 0 Å². The predicted molar refractivity (Wildman–Crippen MR) is 66.7 cm³/mol. The molecular formula is C13H10FN3O. The number of furan rings is 1. The van der Waals surface area contributed by atoms with Gasteiger partial charge >= 0.3 is 0 Å². The number of fused-ring (bicyclic) bond motifs is 1. The molecule has 0 aliphatic heterocycles. The molecule has 0 bridgehead atoms. The van der Waals surface area contributed by atoms with E-state index in [1.54, 1.807) is 25.2 Å². The van der Waals surface area contributed by atoms with Gasteiger partial charge in [0.1, 0.15) is 29.2 Å². The minimum Gasteiger partial charge on any atom is -0.454 e. The Morgan fingerprint density at radius 1 is 1.17 bits per heavy atom. The Morgan fingerprint density at radius 2 is 2.06 bits per heavy atom. The van der Waals surface area contributed by atoms with Gasteiger partial charge in [0.25, 0.3) is 0 Å². The van der Waals surface area contributed by atoms with Crippen LogP contribution in [0.2, 0.25) is 0 Å². The van der Waals surface area contributed by atoms with E-state index in [1.807, 2.05) is 0 Å². The summed E-state index contributed by atoms with van der Waals surface area (Å²) in [5.74, 6) is 1.01. The molecule has 0 fully saturated rings. The second-order valence-electron chi connectivity index (χ2n) is 3.83. The molecule has 0 saturated carbocycles. The summed E-state index contributed by atoms with van der Waals surface area (Å²) in [4.78, 5) is 8.16. The van der Waals surface area contributed by atoms with Crippen molar-refractivity contribution in [2.75, 3.05) is 12.4 Å². The second-order valence-corrected chi connectivity index (χ2v) is 3.83. The topological polar surface area (TPSA) is 51.0 Å². The number of halogens is 1. The first-order chi connectivity index (χ1) is 8.76. The Morgan fingerprint density at radius 3 is 2.89 bits per heavy atom. The molecule has 0 atom stereocenters. The first kappa shape index (κ1) is 10.7. The number of nitrogens with one attached hydrogen (secondary N) is 1. The largest absolute Gasteiger partial charge is 0.454 e. The minimum absolute atomic E-state index is 0.284. The zero-order valence-corrected chi connectivity index (χ0v) is 9.64. The van der Waals surface area contributed by atoms with Crippen molar-refractivity contribution < 1.29 is 8.81 Å². The van der Waals surface area contributed by atoms with Crippen molar-refractivity contribution >= 4 is 16.8 Å².